The fraction of sp³-hybridized carbons (Fsp3) is 0.655. The van der Waals surface area contributed by atoms with Crippen LogP contribution in [0, 0.1) is 0 Å². The summed E-state index contributed by atoms with van der Waals surface area (Å²) in [6, 6.07) is 6.92. The molecule has 1 amide bonds. The molecule has 0 aliphatic carbocycles. The fourth-order valence-electron chi connectivity index (χ4n) is 4.29. The Balaban J connectivity index is 1.92. The van der Waals surface area contributed by atoms with E-state index >= 15 is 0 Å². The lowest BCUT2D eigenvalue weighted by Crippen LogP contribution is -2.68. The van der Waals surface area contributed by atoms with E-state index in [9.17, 15) is 9.59 Å². The molecule has 0 bridgehead atoms. The van der Waals surface area contributed by atoms with E-state index in [1.54, 1.807) is 7.11 Å². The lowest BCUT2D eigenvalue weighted by atomic mass is 9.97. The lowest BCUT2D eigenvalue weighted by Gasteiger charge is -2.52. The van der Waals surface area contributed by atoms with Crippen LogP contribution in [0.4, 0.5) is 4.79 Å². The molecule has 2 heterocycles. The molecule has 0 spiro atoms. The molecule has 1 aromatic carbocycles. The highest BCUT2D eigenvalue weighted by atomic mass is 32.2. The van der Waals surface area contributed by atoms with Gasteiger partial charge >= 0.3 is 12.1 Å². The normalized spacial score (nSPS) is 26.4. The molecule has 41 heavy (non-hydrogen) atoms. The molecule has 1 unspecified atom stereocenters. The molecule has 2 aliphatic heterocycles. The minimum absolute atomic E-state index is 0.0695. The zero-order valence-electron chi connectivity index (χ0n) is 25.2. The van der Waals surface area contributed by atoms with Crippen molar-refractivity contribution in [3.63, 3.8) is 0 Å². The predicted molar refractivity (Wildman–Crippen MR) is 159 cm³/mol. The Hall–Kier alpha value is -2.09. The quantitative estimate of drug-likeness (QED) is 0.147. The number of ether oxygens (including phenoxy) is 6. The summed E-state index contributed by atoms with van der Waals surface area (Å²) in [5.41, 5.74) is 0.342. The van der Waals surface area contributed by atoms with Crippen molar-refractivity contribution in [1.82, 2.24) is 5.32 Å². The van der Waals surface area contributed by atoms with E-state index in [1.807, 2.05) is 24.3 Å². The van der Waals surface area contributed by atoms with Crippen LogP contribution < -0.4 is 10.1 Å². The average Bonchev–Trinajstić information content (AvgIpc) is 2.94. The van der Waals surface area contributed by atoms with Crippen molar-refractivity contribution in [2.45, 2.75) is 87.8 Å². The summed E-state index contributed by atoms with van der Waals surface area (Å²) in [7, 11) is 0.633. The average molecular weight is 612 g/mol. The maximum Gasteiger partial charge on any atom is 0.407 e. The number of fused-ring (bicyclic) bond motifs is 1. The number of carbonyl (C=O) groups is 2. The Bertz CT molecular complexity index is 1020. The van der Waals surface area contributed by atoms with Crippen molar-refractivity contribution in [3.8, 4) is 5.75 Å². The first-order chi connectivity index (χ1) is 19.4. The molecule has 0 radical (unpaired) electrons. The highest BCUT2D eigenvalue weighted by Crippen LogP contribution is 2.43. The van der Waals surface area contributed by atoms with Gasteiger partial charge in [0, 0.05) is 12.0 Å². The number of methoxy groups -OCH3 is 2. The summed E-state index contributed by atoms with van der Waals surface area (Å²) in [4.78, 5) is 24.5. The van der Waals surface area contributed by atoms with Crippen LogP contribution in [0.2, 0.25) is 18.1 Å². The summed E-state index contributed by atoms with van der Waals surface area (Å²) in [6.07, 6.45) is -0.347. The van der Waals surface area contributed by atoms with Gasteiger partial charge in [0.15, 0.2) is 14.6 Å². The standard InChI is InChI=1S/C29H45NO9SSi/c1-9-16-35-28(32)30-23-25(39-41(7,8)29(2,3)4)24-21(37-27(23)40-17-10-11-22(31)34-6)18-36-26(38-24)19-12-14-20(33-5)15-13-19/h9,12-15,21,23-27H,1,10-11,16-18H2,2-8H3,(H,30,32)/t21-,23-,24+,25-,26?,27-/m1/s1. The molecule has 2 saturated heterocycles. The van der Waals surface area contributed by atoms with Gasteiger partial charge in [0.25, 0.3) is 0 Å². The van der Waals surface area contributed by atoms with Gasteiger partial charge in [-0.15, -0.1) is 11.8 Å². The number of rotatable bonds is 12. The van der Waals surface area contributed by atoms with Crippen LogP contribution in [-0.4, -0.2) is 83.4 Å². The van der Waals surface area contributed by atoms with Gasteiger partial charge in [0.2, 0.25) is 0 Å². The molecular weight excluding hydrogens is 566 g/mol. The van der Waals surface area contributed by atoms with Crippen molar-refractivity contribution >= 4 is 32.1 Å². The Labute approximate surface area is 248 Å². The number of hydrogen-bond donors (Lipinski definition) is 1. The molecule has 12 heteroatoms. The molecular formula is C29H45NO9SSi. The minimum Gasteiger partial charge on any atom is -0.497 e. The monoisotopic (exact) mass is 611 g/mol. The smallest absolute Gasteiger partial charge is 0.407 e. The molecule has 2 fully saturated rings. The molecule has 1 N–H and O–H groups in total. The molecule has 1 aromatic rings. The van der Waals surface area contributed by atoms with E-state index in [4.69, 9.17) is 32.8 Å². The van der Waals surface area contributed by atoms with Crippen LogP contribution in [0.5, 0.6) is 5.75 Å². The Morgan fingerprint density at radius 3 is 2.49 bits per heavy atom. The highest BCUT2D eigenvalue weighted by Gasteiger charge is 2.54. The first-order valence-electron chi connectivity index (χ1n) is 13.9. The summed E-state index contributed by atoms with van der Waals surface area (Å²) >= 11 is 1.51. The number of hydrogen-bond acceptors (Lipinski definition) is 10. The van der Waals surface area contributed by atoms with E-state index in [1.165, 1.54) is 24.9 Å². The maximum atomic E-state index is 12.9. The summed E-state index contributed by atoms with van der Waals surface area (Å²) in [6.45, 7) is 14.8. The highest BCUT2D eigenvalue weighted by molar-refractivity contribution is 7.99. The molecule has 2 aliphatic rings. The van der Waals surface area contributed by atoms with Gasteiger partial charge in [0.05, 0.1) is 33.0 Å². The van der Waals surface area contributed by atoms with Gasteiger partial charge < -0.3 is 38.2 Å². The molecule has 0 aromatic heterocycles. The third kappa shape index (κ3) is 8.95. The van der Waals surface area contributed by atoms with Crippen LogP contribution >= 0.6 is 11.8 Å². The molecule has 3 rings (SSSR count). The molecule has 10 nitrogen and oxygen atoms in total. The van der Waals surface area contributed by atoms with E-state index in [-0.39, 0.29) is 24.2 Å². The molecule has 0 saturated carbocycles. The Morgan fingerprint density at radius 1 is 1.17 bits per heavy atom. The Kier molecular flexibility index (Phi) is 12.1. The molecule has 230 valence electrons. The SMILES string of the molecule is C=CCOC(=O)N[C@@H]1[C@@H](O[Si](C)(C)C(C)(C)C)[C@H]2OC(c3ccc(OC)cc3)OC[C@H]2O[C@@H]1SCCCC(=O)OC. The van der Waals surface area contributed by atoms with E-state index in [2.05, 4.69) is 45.8 Å². The zero-order valence-corrected chi connectivity index (χ0v) is 27.0. The van der Waals surface area contributed by atoms with Gasteiger partial charge in [-0.1, -0.05) is 45.6 Å². The summed E-state index contributed by atoms with van der Waals surface area (Å²) < 4.78 is 41.6. The van der Waals surface area contributed by atoms with Crippen LogP contribution in [-0.2, 0) is 32.9 Å². The lowest BCUT2D eigenvalue weighted by molar-refractivity contribution is -0.304. The van der Waals surface area contributed by atoms with E-state index in [0.29, 0.717) is 18.6 Å². The zero-order chi connectivity index (χ0) is 30.2. The number of benzene rings is 1. The minimum atomic E-state index is -2.36. The number of esters is 1. The van der Waals surface area contributed by atoms with E-state index < -0.39 is 50.5 Å². The summed E-state index contributed by atoms with van der Waals surface area (Å²) in [5.74, 6) is 1.08. The second-order valence-corrected chi connectivity index (χ2v) is 17.5. The second-order valence-electron chi connectivity index (χ2n) is 11.5. The topological polar surface area (TPSA) is 111 Å². The number of nitrogens with one attached hydrogen (secondary N) is 1. The third-order valence-corrected chi connectivity index (χ3v) is 13.3. The van der Waals surface area contributed by atoms with Crippen molar-refractivity contribution in [2.75, 3.05) is 33.2 Å². The fourth-order valence-corrected chi connectivity index (χ4v) is 6.79. The molecule has 6 atom stereocenters. The number of amides is 1. The van der Waals surface area contributed by atoms with E-state index in [0.717, 1.165) is 11.3 Å². The first-order valence-corrected chi connectivity index (χ1v) is 17.8. The summed E-state index contributed by atoms with van der Waals surface area (Å²) in [5, 5.41) is 2.91. The maximum absolute atomic E-state index is 12.9. The van der Waals surface area contributed by atoms with Gasteiger partial charge in [-0.25, -0.2) is 4.79 Å². The number of alkyl carbamates (subject to hydrolysis) is 1. The Morgan fingerprint density at radius 2 is 1.88 bits per heavy atom. The number of thioether (sulfide) groups is 1. The van der Waals surface area contributed by atoms with Crippen LogP contribution in [0.25, 0.3) is 0 Å². The third-order valence-electron chi connectivity index (χ3n) is 7.62. The largest absolute Gasteiger partial charge is 0.497 e. The van der Waals surface area contributed by atoms with Crippen molar-refractivity contribution in [3.05, 3.63) is 42.5 Å². The van der Waals surface area contributed by atoms with Gasteiger partial charge in [-0.2, -0.15) is 0 Å². The van der Waals surface area contributed by atoms with Crippen LogP contribution in [0.3, 0.4) is 0 Å². The van der Waals surface area contributed by atoms with Crippen molar-refractivity contribution in [1.29, 1.82) is 0 Å². The predicted octanol–water partition coefficient (Wildman–Crippen LogP) is 5.19. The van der Waals surface area contributed by atoms with Crippen molar-refractivity contribution < 1.29 is 42.4 Å². The first kappa shape index (κ1) is 33.4. The number of carbonyl (C=O) groups excluding carboxylic acids is 2. The van der Waals surface area contributed by atoms with Gasteiger partial charge in [-0.3, -0.25) is 4.79 Å². The van der Waals surface area contributed by atoms with Gasteiger partial charge in [-0.05, 0) is 42.4 Å². The second kappa shape index (κ2) is 14.9. The van der Waals surface area contributed by atoms with Gasteiger partial charge in [0.1, 0.15) is 30.0 Å². The van der Waals surface area contributed by atoms with Crippen LogP contribution in [0.15, 0.2) is 36.9 Å². The van der Waals surface area contributed by atoms with Crippen molar-refractivity contribution in [2.24, 2.45) is 0 Å². The van der Waals surface area contributed by atoms with Crippen LogP contribution in [0.1, 0.15) is 45.5 Å².